The van der Waals surface area contributed by atoms with Crippen LogP contribution in [0.5, 0.6) is 0 Å². The first-order valence-electron chi connectivity index (χ1n) is 3.09. The molecule has 0 bridgehead atoms. The number of hydrogen-bond donors (Lipinski definition) is 0. The lowest BCUT2D eigenvalue weighted by molar-refractivity contribution is -0.0468. The summed E-state index contributed by atoms with van der Waals surface area (Å²) in [5, 5.41) is 0. The standard InChI is InChI=1S/C4H5F4NO4S2/c1-2-3-9(15(8,12)13)14(10,11)4(5,6)7/h2H,1,3H2. The number of hydrogen-bond acceptors (Lipinski definition) is 4. The van der Waals surface area contributed by atoms with Gasteiger partial charge in [0.2, 0.25) is 0 Å². The Morgan fingerprint density at radius 3 is 1.80 bits per heavy atom. The third-order valence-corrected chi connectivity index (χ3v) is 4.11. The zero-order valence-corrected chi connectivity index (χ0v) is 8.53. The predicted octanol–water partition coefficient (Wildman–Crippen LogP) is 0.538. The smallest absolute Gasteiger partial charge is 0.202 e. The van der Waals surface area contributed by atoms with E-state index < -0.39 is 36.2 Å². The van der Waals surface area contributed by atoms with E-state index in [-0.39, 0.29) is 0 Å². The molecule has 0 aromatic carbocycles. The van der Waals surface area contributed by atoms with Crippen LogP contribution in [0, 0.1) is 0 Å². The molecule has 90 valence electrons. The van der Waals surface area contributed by atoms with E-state index in [0.717, 1.165) is 0 Å². The Balaban J connectivity index is 5.60. The molecule has 0 atom stereocenters. The lowest BCUT2D eigenvalue weighted by Crippen LogP contribution is -2.42. The third kappa shape index (κ3) is 3.14. The number of alkyl halides is 3. The van der Waals surface area contributed by atoms with Crippen molar-refractivity contribution >= 4 is 20.4 Å². The lowest BCUT2D eigenvalue weighted by atomic mass is 10.7. The molecule has 0 aliphatic heterocycles. The van der Waals surface area contributed by atoms with Gasteiger partial charge in [0.1, 0.15) is 0 Å². The van der Waals surface area contributed by atoms with Crippen molar-refractivity contribution in [1.29, 1.82) is 0 Å². The van der Waals surface area contributed by atoms with Crippen LogP contribution < -0.4 is 0 Å². The van der Waals surface area contributed by atoms with Crippen molar-refractivity contribution in [3.63, 3.8) is 0 Å². The monoisotopic (exact) mass is 271 g/mol. The zero-order chi connectivity index (χ0) is 12.5. The Bertz CT molecular complexity index is 436. The van der Waals surface area contributed by atoms with Gasteiger partial charge in [0.15, 0.2) is 0 Å². The molecule has 0 aromatic rings. The van der Waals surface area contributed by atoms with Crippen LogP contribution in [-0.4, -0.2) is 32.6 Å². The summed E-state index contributed by atoms with van der Waals surface area (Å²) >= 11 is 0. The maximum absolute atomic E-state index is 12.2. The fraction of sp³-hybridized carbons (Fsp3) is 0.500. The summed E-state index contributed by atoms with van der Waals surface area (Å²) in [6.07, 6.45) is 0.500. The van der Waals surface area contributed by atoms with Gasteiger partial charge in [-0.1, -0.05) is 13.7 Å². The molecule has 0 fully saturated rings. The van der Waals surface area contributed by atoms with Crippen LogP contribution in [0.15, 0.2) is 12.7 Å². The van der Waals surface area contributed by atoms with Gasteiger partial charge in [-0.2, -0.15) is 21.6 Å². The minimum absolute atomic E-state index is 0.500. The molecule has 11 heteroatoms. The highest BCUT2D eigenvalue weighted by Gasteiger charge is 2.54. The Kier molecular flexibility index (Phi) is 3.87. The molecule has 15 heavy (non-hydrogen) atoms. The molecule has 0 amide bonds. The summed E-state index contributed by atoms with van der Waals surface area (Å²) in [6.45, 7) is 1.47. The highest BCUT2D eigenvalue weighted by Crippen LogP contribution is 2.28. The van der Waals surface area contributed by atoms with Crippen LogP contribution in [0.2, 0.25) is 0 Å². The van der Waals surface area contributed by atoms with Gasteiger partial charge in [-0.3, -0.25) is 0 Å². The maximum atomic E-state index is 12.2. The van der Waals surface area contributed by atoms with E-state index in [1.165, 1.54) is 0 Å². The Hall–Kier alpha value is -0.680. The second-order valence-corrected chi connectivity index (χ2v) is 5.49. The van der Waals surface area contributed by atoms with Crippen molar-refractivity contribution in [2.75, 3.05) is 6.54 Å². The average Bonchev–Trinajstić information content (AvgIpc) is 1.95. The molecule has 0 heterocycles. The van der Waals surface area contributed by atoms with Crippen molar-refractivity contribution in [3.8, 4) is 0 Å². The molecular formula is C4H5F4NO4S2. The first kappa shape index (κ1) is 14.3. The molecule has 0 rings (SSSR count). The number of nitrogens with zero attached hydrogens (tertiary/aromatic N) is 1. The highest BCUT2D eigenvalue weighted by atomic mass is 32.3. The zero-order valence-electron chi connectivity index (χ0n) is 6.90. The third-order valence-electron chi connectivity index (χ3n) is 1.08. The molecule has 0 unspecified atom stereocenters. The minimum atomic E-state index is -6.26. The molecule has 0 saturated heterocycles. The molecule has 5 nitrogen and oxygen atoms in total. The highest BCUT2D eigenvalue weighted by molar-refractivity contribution is 8.02. The molecule has 0 N–H and O–H groups in total. The molecule has 0 radical (unpaired) electrons. The number of halogens is 4. The normalized spacial score (nSPS) is 14.2. The van der Waals surface area contributed by atoms with E-state index in [4.69, 9.17) is 0 Å². The molecule has 0 aliphatic carbocycles. The van der Waals surface area contributed by atoms with Crippen molar-refractivity contribution in [2.24, 2.45) is 0 Å². The van der Waals surface area contributed by atoms with Crippen molar-refractivity contribution in [3.05, 3.63) is 12.7 Å². The fourth-order valence-electron chi connectivity index (χ4n) is 0.525. The fourth-order valence-corrected chi connectivity index (χ4v) is 2.53. The molecule has 0 spiro atoms. The largest absolute Gasteiger partial charge is 0.512 e. The van der Waals surface area contributed by atoms with Crippen LogP contribution >= 0.6 is 0 Å². The van der Waals surface area contributed by atoms with Gasteiger partial charge in [0.25, 0.3) is 0 Å². The first-order chi connectivity index (χ1) is 6.44. The average molecular weight is 271 g/mol. The lowest BCUT2D eigenvalue weighted by Gasteiger charge is -2.16. The molecule has 0 aromatic heterocycles. The van der Waals surface area contributed by atoms with Gasteiger partial charge in [-0.15, -0.1) is 6.58 Å². The van der Waals surface area contributed by atoms with Gasteiger partial charge in [0, 0.05) is 0 Å². The Morgan fingerprint density at radius 2 is 1.60 bits per heavy atom. The van der Waals surface area contributed by atoms with Crippen LogP contribution in [0.4, 0.5) is 17.1 Å². The van der Waals surface area contributed by atoms with E-state index in [0.29, 0.717) is 6.08 Å². The van der Waals surface area contributed by atoms with E-state index in [1.54, 1.807) is 0 Å². The number of rotatable bonds is 4. The van der Waals surface area contributed by atoms with Gasteiger partial charge >= 0.3 is 25.9 Å². The van der Waals surface area contributed by atoms with Crippen molar-refractivity contribution < 1.29 is 33.9 Å². The van der Waals surface area contributed by atoms with Gasteiger partial charge in [-0.25, -0.2) is 8.42 Å². The molecular weight excluding hydrogens is 266 g/mol. The van der Waals surface area contributed by atoms with Crippen LogP contribution in [-0.2, 0) is 20.4 Å². The van der Waals surface area contributed by atoms with Crippen molar-refractivity contribution in [2.45, 2.75) is 5.51 Å². The van der Waals surface area contributed by atoms with E-state index >= 15 is 0 Å². The van der Waals surface area contributed by atoms with Crippen LogP contribution in [0.3, 0.4) is 0 Å². The van der Waals surface area contributed by atoms with E-state index in [9.17, 15) is 33.9 Å². The second kappa shape index (κ2) is 4.06. The molecule has 0 saturated carbocycles. The SMILES string of the molecule is C=CCN(S(=O)(=O)F)S(=O)(=O)C(F)(F)F. The minimum Gasteiger partial charge on any atom is -0.202 e. The van der Waals surface area contributed by atoms with E-state index in [2.05, 4.69) is 6.58 Å². The summed E-state index contributed by atoms with van der Waals surface area (Å²) in [7, 11) is -12.3. The quantitative estimate of drug-likeness (QED) is 0.425. The second-order valence-electron chi connectivity index (χ2n) is 2.14. The number of sulfonamides is 1. The van der Waals surface area contributed by atoms with Crippen LogP contribution in [0.1, 0.15) is 0 Å². The summed E-state index contributed by atoms with van der Waals surface area (Å²) < 4.78 is 87.8. The van der Waals surface area contributed by atoms with Gasteiger partial charge in [0.05, 0.1) is 6.54 Å². The topological polar surface area (TPSA) is 71.5 Å². The summed E-state index contributed by atoms with van der Waals surface area (Å²) in [5.74, 6) is 0. The van der Waals surface area contributed by atoms with Gasteiger partial charge < -0.3 is 0 Å². The predicted molar refractivity (Wildman–Crippen MR) is 41.9 cm³/mol. The maximum Gasteiger partial charge on any atom is 0.512 e. The van der Waals surface area contributed by atoms with Crippen LogP contribution in [0.25, 0.3) is 0 Å². The Labute approximate surface area is 83.4 Å². The first-order valence-corrected chi connectivity index (χ1v) is 5.87. The van der Waals surface area contributed by atoms with E-state index in [1.807, 2.05) is 0 Å². The van der Waals surface area contributed by atoms with Gasteiger partial charge in [-0.05, 0) is 0 Å². The summed E-state index contributed by atoms with van der Waals surface area (Å²) in [6, 6.07) is 0. The Morgan fingerprint density at radius 1 is 1.20 bits per heavy atom. The summed E-state index contributed by atoms with van der Waals surface area (Å²) in [5.41, 5.74) is -5.89. The van der Waals surface area contributed by atoms with Crippen molar-refractivity contribution in [1.82, 2.24) is 3.71 Å². The molecule has 0 aliphatic rings. The summed E-state index contributed by atoms with van der Waals surface area (Å²) in [4.78, 5) is 0.